The molecule has 0 saturated carbocycles. The van der Waals surface area contributed by atoms with E-state index < -0.39 is 0 Å². The van der Waals surface area contributed by atoms with Gasteiger partial charge in [0.15, 0.2) is 5.82 Å². The Balaban J connectivity index is 0.991. The van der Waals surface area contributed by atoms with Gasteiger partial charge in [0.1, 0.15) is 22.3 Å². The Hall–Kier alpha value is -7.76. The lowest BCUT2D eigenvalue weighted by Gasteiger charge is -2.21. The van der Waals surface area contributed by atoms with Crippen LogP contribution in [0.15, 0.2) is 185 Å². The molecule has 282 valence electrons. The highest BCUT2D eigenvalue weighted by Crippen LogP contribution is 2.53. The van der Waals surface area contributed by atoms with E-state index in [4.69, 9.17) is 18.8 Å². The molecule has 5 nitrogen and oxygen atoms in total. The van der Waals surface area contributed by atoms with Crippen molar-refractivity contribution in [1.29, 1.82) is 0 Å². The number of rotatable bonds is 4. The van der Waals surface area contributed by atoms with Crippen molar-refractivity contribution in [3.8, 4) is 50.7 Å². The van der Waals surface area contributed by atoms with Crippen LogP contribution in [0, 0.1) is 0 Å². The number of aromatic nitrogens is 3. The van der Waals surface area contributed by atoms with Gasteiger partial charge in [-0.2, -0.15) is 0 Å². The first-order chi connectivity index (χ1) is 29.5. The first kappa shape index (κ1) is 33.2. The lowest BCUT2D eigenvalue weighted by Crippen LogP contribution is -2.15. The molecule has 4 aromatic heterocycles. The second kappa shape index (κ2) is 12.1. The highest BCUT2D eigenvalue weighted by atomic mass is 16.3. The van der Waals surface area contributed by atoms with Crippen LogP contribution in [-0.4, -0.2) is 14.5 Å². The van der Waals surface area contributed by atoms with Crippen molar-refractivity contribution < 1.29 is 8.83 Å². The average molecular weight is 770 g/mol. The molecule has 12 aromatic rings. The molecule has 0 atom stereocenters. The topological polar surface area (TPSA) is 57.0 Å². The molecule has 0 amide bonds. The number of hydrogen-bond donors (Lipinski definition) is 0. The van der Waals surface area contributed by atoms with Crippen molar-refractivity contribution in [3.63, 3.8) is 0 Å². The third-order valence-electron chi connectivity index (χ3n) is 12.8. The lowest BCUT2D eigenvalue weighted by atomic mass is 9.82. The fourth-order valence-corrected chi connectivity index (χ4v) is 9.82. The summed E-state index contributed by atoms with van der Waals surface area (Å²) in [6.45, 7) is 4.69. The molecule has 60 heavy (non-hydrogen) atoms. The Morgan fingerprint density at radius 2 is 0.983 bits per heavy atom. The Morgan fingerprint density at radius 3 is 1.78 bits per heavy atom. The van der Waals surface area contributed by atoms with Gasteiger partial charge < -0.3 is 13.4 Å². The largest absolute Gasteiger partial charge is 0.456 e. The molecule has 0 bridgehead atoms. The van der Waals surface area contributed by atoms with Gasteiger partial charge >= 0.3 is 0 Å². The van der Waals surface area contributed by atoms with Gasteiger partial charge in [0.2, 0.25) is 0 Å². The quantitative estimate of drug-likeness (QED) is 0.179. The molecule has 0 N–H and O–H groups in total. The normalized spacial score (nSPS) is 13.3. The number of nitrogens with zero attached hydrogens (tertiary/aromatic N) is 3. The highest BCUT2D eigenvalue weighted by Gasteiger charge is 2.37. The van der Waals surface area contributed by atoms with Crippen LogP contribution >= 0.6 is 0 Å². The summed E-state index contributed by atoms with van der Waals surface area (Å²) in [7, 11) is 0. The van der Waals surface area contributed by atoms with Gasteiger partial charge in [-0.3, -0.25) is 0 Å². The zero-order valence-electron chi connectivity index (χ0n) is 32.9. The maximum absolute atomic E-state index is 6.50. The summed E-state index contributed by atoms with van der Waals surface area (Å²) in [5.41, 5.74) is 16.7. The minimum absolute atomic E-state index is 0.226. The molecule has 0 unspecified atom stereocenters. The van der Waals surface area contributed by atoms with E-state index >= 15 is 0 Å². The Morgan fingerprint density at radius 1 is 0.400 bits per heavy atom. The second-order valence-electron chi connectivity index (χ2n) is 16.6. The number of furan rings is 2. The van der Waals surface area contributed by atoms with Crippen LogP contribution in [0.5, 0.6) is 0 Å². The van der Waals surface area contributed by atoms with Gasteiger partial charge in [-0.1, -0.05) is 111 Å². The van der Waals surface area contributed by atoms with Gasteiger partial charge in [0, 0.05) is 60.1 Å². The molecule has 0 fully saturated rings. The summed E-state index contributed by atoms with van der Waals surface area (Å²) < 4.78 is 15.3. The van der Waals surface area contributed by atoms with Gasteiger partial charge in [0.05, 0.1) is 22.4 Å². The fraction of sp³-hybridized carbons (Fsp3) is 0.0545. The van der Waals surface area contributed by atoms with Crippen LogP contribution in [0.4, 0.5) is 0 Å². The van der Waals surface area contributed by atoms with Crippen LogP contribution in [0.1, 0.15) is 25.0 Å². The molecule has 0 radical (unpaired) electrons. The van der Waals surface area contributed by atoms with E-state index in [0.29, 0.717) is 5.82 Å². The van der Waals surface area contributed by atoms with E-state index in [0.717, 1.165) is 77.6 Å². The highest BCUT2D eigenvalue weighted by molar-refractivity contribution is 6.14. The number of para-hydroxylation sites is 2. The van der Waals surface area contributed by atoms with Crippen molar-refractivity contribution in [1.82, 2.24) is 14.5 Å². The van der Waals surface area contributed by atoms with Crippen LogP contribution in [0.2, 0.25) is 0 Å². The monoisotopic (exact) mass is 769 g/mol. The number of fused-ring (bicyclic) bond motifs is 12. The van der Waals surface area contributed by atoms with E-state index in [-0.39, 0.29) is 5.41 Å². The summed E-state index contributed by atoms with van der Waals surface area (Å²) in [6.07, 6.45) is 0. The molecule has 13 rings (SSSR count). The maximum atomic E-state index is 6.50. The Labute approximate surface area is 344 Å². The molecule has 4 heterocycles. The summed E-state index contributed by atoms with van der Waals surface area (Å²) in [5.74, 6) is 0.693. The Bertz CT molecular complexity index is 3680. The minimum atomic E-state index is -0.226. The number of benzene rings is 8. The van der Waals surface area contributed by atoms with Crippen LogP contribution < -0.4 is 0 Å². The lowest BCUT2D eigenvalue weighted by molar-refractivity contribution is 0.647. The minimum Gasteiger partial charge on any atom is -0.456 e. The maximum Gasteiger partial charge on any atom is 0.160 e. The summed E-state index contributed by atoms with van der Waals surface area (Å²) in [4.78, 5) is 10.1. The third-order valence-corrected chi connectivity index (χ3v) is 12.8. The Kier molecular flexibility index (Phi) is 6.72. The van der Waals surface area contributed by atoms with Crippen LogP contribution in [-0.2, 0) is 5.41 Å². The zero-order valence-corrected chi connectivity index (χ0v) is 32.9. The second-order valence-corrected chi connectivity index (χ2v) is 16.6. The molecule has 0 aliphatic heterocycles. The SMILES string of the molecule is CC1(C)c2cc3oc4ccccc4c3cc2-c2cc3c4ccccc4n(-c4ccc5oc6ccc(-c7cc(-c8ccccc8)nc(-c8ccccc8)n7)cc6c5c4)c3cc21. The molecule has 0 spiro atoms. The van der Waals surface area contributed by atoms with E-state index in [1.807, 2.05) is 42.5 Å². The molecular formula is C55H35N3O2. The zero-order chi connectivity index (χ0) is 39.7. The average Bonchev–Trinajstić information content (AvgIpc) is 4.01. The molecule has 1 aliphatic rings. The molecule has 1 aliphatic carbocycles. The fourth-order valence-electron chi connectivity index (χ4n) is 9.82. The number of hydrogen-bond acceptors (Lipinski definition) is 4. The van der Waals surface area contributed by atoms with Gasteiger partial charge in [-0.25, -0.2) is 9.97 Å². The third kappa shape index (κ3) is 4.74. The van der Waals surface area contributed by atoms with E-state index in [2.05, 4.69) is 152 Å². The predicted octanol–water partition coefficient (Wildman–Crippen LogP) is 14.7. The summed E-state index contributed by atoms with van der Waals surface area (Å²) in [5, 5.41) is 6.87. The molecule has 8 aromatic carbocycles. The summed E-state index contributed by atoms with van der Waals surface area (Å²) >= 11 is 0. The molecular weight excluding hydrogens is 735 g/mol. The van der Waals surface area contributed by atoms with Crippen molar-refractivity contribution in [2.24, 2.45) is 0 Å². The van der Waals surface area contributed by atoms with E-state index in [1.165, 1.54) is 44.1 Å². The van der Waals surface area contributed by atoms with E-state index in [1.54, 1.807) is 0 Å². The van der Waals surface area contributed by atoms with Gasteiger partial charge in [-0.05, 0) is 101 Å². The summed E-state index contributed by atoms with van der Waals surface area (Å²) in [6, 6.07) is 62.2. The van der Waals surface area contributed by atoms with Crippen molar-refractivity contribution in [2.75, 3.05) is 0 Å². The van der Waals surface area contributed by atoms with Crippen LogP contribution in [0.3, 0.4) is 0 Å². The smallest absolute Gasteiger partial charge is 0.160 e. The first-order valence-electron chi connectivity index (χ1n) is 20.5. The van der Waals surface area contributed by atoms with Gasteiger partial charge in [-0.15, -0.1) is 0 Å². The predicted molar refractivity (Wildman–Crippen MR) is 245 cm³/mol. The van der Waals surface area contributed by atoms with E-state index in [9.17, 15) is 0 Å². The standard InChI is InChI=1S/C55H35N3O2/c1-55(2)44-29-49-40(27-38(44)39-28-43-37-18-10-12-20-50(37)60-53(43)30-45(39)55)36-17-9-11-19-48(36)58(49)35-22-24-52-42(26-35)41-25-34(21-23-51(41)59-52)47-31-46(32-13-5-3-6-14-32)56-54(57-47)33-15-7-4-8-16-33/h3-31H,1-2H3. The first-order valence-corrected chi connectivity index (χ1v) is 20.5. The van der Waals surface area contributed by atoms with Gasteiger partial charge in [0.25, 0.3) is 0 Å². The molecule has 5 heteroatoms. The molecule has 0 saturated heterocycles. The van der Waals surface area contributed by atoms with Crippen LogP contribution in [0.25, 0.3) is 116 Å². The van der Waals surface area contributed by atoms with Crippen molar-refractivity contribution >= 4 is 65.7 Å². The van der Waals surface area contributed by atoms with Crippen molar-refractivity contribution in [3.05, 3.63) is 187 Å². The van der Waals surface area contributed by atoms with Crippen molar-refractivity contribution in [2.45, 2.75) is 19.3 Å².